The van der Waals surface area contributed by atoms with Crippen molar-refractivity contribution in [3.63, 3.8) is 0 Å². The normalized spacial score (nSPS) is 11.0. The van der Waals surface area contributed by atoms with Crippen LogP contribution in [-0.4, -0.2) is 34.9 Å². The Morgan fingerprint density at radius 3 is 2.73 bits per heavy atom. The lowest BCUT2D eigenvalue weighted by atomic mass is 10.0. The summed E-state index contributed by atoms with van der Waals surface area (Å²) in [6.07, 6.45) is 2.68. The number of H-pyrrole nitrogens is 1. The number of amides is 1. The Labute approximate surface area is 154 Å². The predicted molar refractivity (Wildman–Crippen MR) is 107 cm³/mol. The number of aryl methyl sites for hydroxylation is 3. The van der Waals surface area contributed by atoms with Crippen molar-refractivity contribution in [2.24, 2.45) is 0 Å². The minimum atomic E-state index is -0.0565. The SMILES string of the molecule is CCc1[nH]c2c(CNc3ncccc3C(=O)N(C)C)cc(C)cc2c1C. The maximum absolute atomic E-state index is 12.4. The van der Waals surface area contributed by atoms with Crippen molar-refractivity contribution in [2.75, 3.05) is 19.4 Å². The van der Waals surface area contributed by atoms with Gasteiger partial charge in [-0.15, -0.1) is 0 Å². The first-order chi connectivity index (χ1) is 12.4. The third-order valence-electron chi connectivity index (χ3n) is 4.74. The molecule has 136 valence electrons. The molecule has 0 saturated heterocycles. The van der Waals surface area contributed by atoms with Gasteiger partial charge >= 0.3 is 0 Å². The third kappa shape index (κ3) is 3.29. The second kappa shape index (κ2) is 7.20. The summed E-state index contributed by atoms with van der Waals surface area (Å²) in [5, 5.41) is 4.62. The molecule has 5 heteroatoms. The number of hydrogen-bond donors (Lipinski definition) is 2. The topological polar surface area (TPSA) is 61.0 Å². The monoisotopic (exact) mass is 350 g/mol. The summed E-state index contributed by atoms with van der Waals surface area (Å²) in [6.45, 7) is 7.05. The molecule has 0 aliphatic carbocycles. The van der Waals surface area contributed by atoms with Gasteiger partial charge in [0.15, 0.2) is 0 Å². The first-order valence-electron chi connectivity index (χ1n) is 8.93. The summed E-state index contributed by atoms with van der Waals surface area (Å²) in [4.78, 5) is 21.9. The van der Waals surface area contributed by atoms with Crippen LogP contribution in [0.5, 0.6) is 0 Å². The highest BCUT2D eigenvalue weighted by atomic mass is 16.2. The van der Waals surface area contributed by atoms with Gasteiger partial charge in [0.1, 0.15) is 5.82 Å². The van der Waals surface area contributed by atoms with Crippen LogP contribution in [0.4, 0.5) is 5.82 Å². The quantitative estimate of drug-likeness (QED) is 0.729. The molecule has 0 aliphatic heterocycles. The number of anilines is 1. The summed E-state index contributed by atoms with van der Waals surface area (Å²) < 4.78 is 0. The van der Waals surface area contributed by atoms with Crippen LogP contribution >= 0.6 is 0 Å². The van der Waals surface area contributed by atoms with Crippen molar-refractivity contribution in [2.45, 2.75) is 33.7 Å². The highest BCUT2D eigenvalue weighted by molar-refractivity contribution is 5.98. The lowest BCUT2D eigenvalue weighted by Gasteiger charge is -2.15. The first-order valence-corrected chi connectivity index (χ1v) is 8.93. The van der Waals surface area contributed by atoms with Crippen LogP contribution in [0.15, 0.2) is 30.5 Å². The van der Waals surface area contributed by atoms with E-state index in [1.807, 2.05) is 0 Å². The fourth-order valence-corrected chi connectivity index (χ4v) is 3.34. The van der Waals surface area contributed by atoms with Crippen LogP contribution in [0.3, 0.4) is 0 Å². The van der Waals surface area contributed by atoms with Crippen LogP contribution in [0, 0.1) is 13.8 Å². The van der Waals surface area contributed by atoms with E-state index in [-0.39, 0.29) is 5.91 Å². The number of aromatic amines is 1. The Kier molecular flexibility index (Phi) is 4.98. The molecule has 2 aromatic heterocycles. The number of pyridine rings is 1. The van der Waals surface area contributed by atoms with Crippen molar-refractivity contribution < 1.29 is 4.79 Å². The van der Waals surface area contributed by atoms with E-state index in [9.17, 15) is 4.79 Å². The molecule has 0 aliphatic rings. The van der Waals surface area contributed by atoms with E-state index in [0.717, 1.165) is 11.9 Å². The fourth-order valence-electron chi connectivity index (χ4n) is 3.34. The third-order valence-corrected chi connectivity index (χ3v) is 4.74. The number of nitrogens with zero attached hydrogens (tertiary/aromatic N) is 2. The zero-order chi connectivity index (χ0) is 18.8. The molecule has 1 aromatic carbocycles. The zero-order valence-corrected chi connectivity index (χ0v) is 16.1. The molecule has 2 N–H and O–H groups in total. The summed E-state index contributed by atoms with van der Waals surface area (Å²) in [5.41, 5.74) is 6.73. The van der Waals surface area contributed by atoms with Crippen molar-refractivity contribution in [1.82, 2.24) is 14.9 Å². The van der Waals surface area contributed by atoms with Crippen molar-refractivity contribution >= 4 is 22.6 Å². The molecule has 0 unspecified atom stereocenters. The van der Waals surface area contributed by atoms with Gasteiger partial charge in [-0.05, 0) is 49.6 Å². The largest absolute Gasteiger partial charge is 0.365 e. The number of carbonyl (C=O) groups is 1. The lowest BCUT2D eigenvalue weighted by molar-refractivity contribution is 0.0828. The van der Waals surface area contributed by atoms with E-state index in [1.165, 1.54) is 27.8 Å². The highest BCUT2D eigenvalue weighted by Gasteiger charge is 2.15. The van der Waals surface area contributed by atoms with Crippen LogP contribution in [0.25, 0.3) is 10.9 Å². The maximum Gasteiger partial charge on any atom is 0.257 e. The molecule has 5 nitrogen and oxygen atoms in total. The first kappa shape index (κ1) is 18.0. The Balaban J connectivity index is 1.95. The Hall–Kier alpha value is -2.82. The molecule has 26 heavy (non-hydrogen) atoms. The van der Waals surface area contributed by atoms with Gasteiger partial charge in [-0.25, -0.2) is 4.98 Å². The van der Waals surface area contributed by atoms with Crippen LogP contribution in [0.2, 0.25) is 0 Å². The minimum Gasteiger partial charge on any atom is -0.365 e. The van der Waals surface area contributed by atoms with Gasteiger partial charge in [0, 0.05) is 37.9 Å². The Morgan fingerprint density at radius 2 is 2.04 bits per heavy atom. The number of carbonyl (C=O) groups excluding carboxylic acids is 1. The number of aromatic nitrogens is 2. The molecule has 1 amide bonds. The van der Waals surface area contributed by atoms with Gasteiger partial charge in [-0.1, -0.05) is 18.6 Å². The van der Waals surface area contributed by atoms with Crippen molar-refractivity contribution in [1.29, 1.82) is 0 Å². The number of fused-ring (bicyclic) bond motifs is 1. The predicted octanol–water partition coefficient (Wildman–Crippen LogP) is 4.06. The van der Waals surface area contributed by atoms with E-state index >= 15 is 0 Å². The molecule has 3 aromatic rings. The van der Waals surface area contributed by atoms with Gasteiger partial charge in [-0.2, -0.15) is 0 Å². The Morgan fingerprint density at radius 1 is 1.27 bits per heavy atom. The Bertz CT molecular complexity index is 956. The van der Waals surface area contributed by atoms with Crippen LogP contribution < -0.4 is 5.32 Å². The van der Waals surface area contributed by atoms with E-state index in [1.54, 1.807) is 37.3 Å². The van der Waals surface area contributed by atoms with Gasteiger partial charge in [0.25, 0.3) is 5.91 Å². The van der Waals surface area contributed by atoms with Crippen molar-refractivity contribution in [3.8, 4) is 0 Å². The minimum absolute atomic E-state index is 0.0565. The van der Waals surface area contributed by atoms with E-state index in [2.05, 4.69) is 48.2 Å². The second-order valence-electron chi connectivity index (χ2n) is 6.88. The molecular weight excluding hydrogens is 324 g/mol. The standard InChI is InChI=1S/C21H26N4O/c1-6-18-14(3)17-11-13(2)10-15(19(17)24-18)12-23-20-16(8-7-9-22-20)21(26)25(4)5/h7-11,24H,6,12H2,1-5H3,(H,22,23). The molecule has 0 radical (unpaired) electrons. The molecule has 0 atom stereocenters. The average molecular weight is 350 g/mol. The number of benzene rings is 1. The molecule has 0 saturated carbocycles. The van der Waals surface area contributed by atoms with Gasteiger partial charge in [0.2, 0.25) is 0 Å². The van der Waals surface area contributed by atoms with E-state index in [4.69, 9.17) is 0 Å². The maximum atomic E-state index is 12.4. The molecule has 0 bridgehead atoms. The lowest BCUT2D eigenvalue weighted by Crippen LogP contribution is -2.23. The molecule has 3 rings (SSSR count). The fraction of sp³-hybridized carbons (Fsp3) is 0.333. The number of rotatable bonds is 5. The average Bonchev–Trinajstić information content (AvgIpc) is 2.95. The summed E-state index contributed by atoms with van der Waals surface area (Å²) >= 11 is 0. The molecular formula is C21H26N4O. The van der Waals surface area contributed by atoms with E-state index in [0.29, 0.717) is 17.9 Å². The zero-order valence-electron chi connectivity index (χ0n) is 16.1. The molecule has 0 fully saturated rings. The smallest absolute Gasteiger partial charge is 0.257 e. The summed E-state index contributed by atoms with van der Waals surface area (Å²) in [5.74, 6) is 0.554. The number of nitrogens with one attached hydrogen (secondary N) is 2. The van der Waals surface area contributed by atoms with Gasteiger partial charge < -0.3 is 15.2 Å². The molecule has 2 heterocycles. The van der Waals surface area contributed by atoms with Crippen molar-refractivity contribution in [3.05, 3.63) is 58.4 Å². The van der Waals surface area contributed by atoms with E-state index < -0.39 is 0 Å². The summed E-state index contributed by atoms with van der Waals surface area (Å²) in [6, 6.07) is 8.00. The van der Waals surface area contributed by atoms with Crippen LogP contribution in [0.1, 0.15) is 39.7 Å². The molecule has 0 spiro atoms. The second-order valence-corrected chi connectivity index (χ2v) is 6.88. The van der Waals surface area contributed by atoms with Gasteiger partial charge in [-0.3, -0.25) is 4.79 Å². The summed E-state index contributed by atoms with van der Waals surface area (Å²) in [7, 11) is 3.49. The van der Waals surface area contributed by atoms with Crippen LogP contribution in [-0.2, 0) is 13.0 Å². The van der Waals surface area contributed by atoms with Gasteiger partial charge in [0.05, 0.1) is 11.1 Å². The highest BCUT2D eigenvalue weighted by Crippen LogP contribution is 2.27. The number of hydrogen-bond acceptors (Lipinski definition) is 3.